The van der Waals surface area contributed by atoms with E-state index in [1.165, 1.54) is 12.3 Å². The number of para-hydroxylation sites is 2. The number of amides is 3. The van der Waals surface area contributed by atoms with E-state index in [1.807, 2.05) is 24.3 Å². The SMILES string of the molecule is CN(Cc1nc2ccccc2[nH]1)C(=O)c1ccc2c(c1)CN(CCCCCCNC(=O)c1ccc(NNCc3ccccc3S(O)(O)O)nc1)C(=O)[C@H](CC(=O)O)N2.O=C(O)C(F)(F)F. The number of alkyl halides is 3. The molecule has 19 nitrogen and oxygen atoms in total. The quantitative estimate of drug-likeness (QED) is 0.0348. The van der Waals surface area contributed by atoms with Gasteiger partial charge in [0, 0.05) is 50.7 Å². The molecule has 1 atom stereocenters. The first-order valence-corrected chi connectivity index (χ1v) is 21.5. The van der Waals surface area contributed by atoms with E-state index in [0.29, 0.717) is 65.5 Å². The van der Waals surface area contributed by atoms with E-state index in [-0.39, 0.29) is 48.7 Å². The number of carbonyl (C=O) groups is 5. The van der Waals surface area contributed by atoms with Crippen molar-refractivity contribution in [3.63, 3.8) is 0 Å². The van der Waals surface area contributed by atoms with Gasteiger partial charge in [0.15, 0.2) is 0 Å². The predicted octanol–water partition coefficient (Wildman–Crippen LogP) is 6.15. The third-order valence-electron chi connectivity index (χ3n) is 9.88. The Morgan fingerprint density at radius 3 is 2.29 bits per heavy atom. The highest BCUT2D eigenvalue weighted by molar-refractivity contribution is 8.19. The lowest BCUT2D eigenvalue weighted by molar-refractivity contribution is -0.192. The van der Waals surface area contributed by atoms with E-state index in [1.54, 1.807) is 65.4 Å². The summed E-state index contributed by atoms with van der Waals surface area (Å²) in [6.07, 6.45) is -1.12. The van der Waals surface area contributed by atoms with Crippen LogP contribution in [0.3, 0.4) is 0 Å². The molecule has 6 rings (SSSR count). The summed E-state index contributed by atoms with van der Waals surface area (Å²) in [5, 5.41) is 22.7. The van der Waals surface area contributed by atoms with Gasteiger partial charge in [-0.3, -0.25) is 19.2 Å². The number of benzene rings is 3. The number of hydrazine groups is 1. The lowest BCUT2D eigenvalue weighted by Crippen LogP contribution is -2.42. The van der Waals surface area contributed by atoms with Crippen LogP contribution in [0, 0.1) is 0 Å². The number of aromatic amines is 1. The number of rotatable bonds is 18. The van der Waals surface area contributed by atoms with Crippen LogP contribution in [0.15, 0.2) is 90.0 Å². The van der Waals surface area contributed by atoms with Crippen LogP contribution in [0.5, 0.6) is 0 Å². The summed E-state index contributed by atoms with van der Waals surface area (Å²) < 4.78 is 60.6. The first kappa shape index (κ1) is 49.2. The highest BCUT2D eigenvalue weighted by Gasteiger charge is 2.38. The van der Waals surface area contributed by atoms with Crippen molar-refractivity contribution in [1.29, 1.82) is 0 Å². The lowest BCUT2D eigenvalue weighted by Gasteiger charge is -2.24. The Morgan fingerprint density at radius 2 is 1.62 bits per heavy atom. The molecule has 0 saturated heterocycles. The van der Waals surface area contributed by atoms with Gasteiger partial charge in [0.2, 0.25) is 5.91 Å². The molecule has 0 saturated carbocycles. The number of carbonyl (C=O) groups excluding carboxylic acids is 3. The molecular formula is C42H48F3N9O10S. The molecule has 2 aromatic heterocycles. The molecule has 1 aliphatic rings. The van der Waals surface area contributed by atoms with Crippen LogP contribution < -0.4 is 21.5 Å². The average molecular weight is 928 g/mol. The highest BCUT2D eigenvalue weighted by Crippen LogP contribution is 2.45. The lowest BCUT2D eigenvalue weighted by atomic mass is 10.1. The number of anilines is 2. The van der Waals surface area contributed by atoms with Gasteiger partial charge in [-0.05, 0) is 72.5 Å². The summed E-state index contributed by atoms with van der Waals surface area (Å²) in [6, 6.07) is 21.4. The van der Waals surface area contributed by atoms with Gasteiger partial charge < -0.3 is 54.7 Å². The van der Waals surface area contributed by atoms with Crippen molar-refractivity contribution in [3.05, 3.63) is 113 Å². The van der Waals surface area contributed by atoms with Crippen molar-refractivity contribution < 1.29 is 61.0 Å². The number of imidazole rings is 1. The maximum Gasteiger partial charge on any atom is 0.490 e. The van der Waals surface area contributed by atoms with Crippen molar-refractivity contribution >= 4 is 63.1 Å². The van der Waals surface area contributed by atoms with Gasteiger partial charge in [0.05, 0.1) is 34.5 Å². The number of carboxylic acid groups (broad SMARTS) is 2. The number of halogens is 3. The number of hydrogen-bond donors (Lipinski definition) is 10. The molecule has 0 unspecified atom stereocenters. The molecule has 10 N–H and O–H groups in total. The summed E-state index contributed by atoms with van der Waals surface area (Å²) in [5.74, 6) is -3.59. The first-order valence-electron chi connectivity index (χ1n) is 20.0. The maximum atomic E-state index is 13.5. The molecule has 3 heterocycles. The standard InChI is InChI=1S/C40H47N9O8S.C2HF3O2/c1-48(25-36-45-31-11-5-6-12-32(31)46-36)39(53)26-14-16-30-29(20-26)24-49(40(54)33(44-30)21-37(50)51)19-9-3-2-8-18-41-38(52)28-15-17-35(42-22-28)47-43-23-27-10-4-7-13-34(27)58(55,56)57;3-2(4,5)1(6)7/h4-7,10-17,20,22,33,43-44,55-57H,2-3,8-9,18-19,21,23-25H2,1H3,(H,41,52)(H,42,47)(H,45,46)(H,50,51);(H,6,7)/t33-;/m0./s1. The zero-order valence-electron chi connectivity index (χ0n) is 34.8. The van der Waals surface area contributed by atoms with E-state index in [9.17, 15) is 51.1 Å². The molecule has 3 amide bonds. The zero-order valence-corrected chi connectivity index (χ0v) is 35.7. The normalized spacial score (nSPS) is 14.0. The molecule has 0 radical (unpaired) electrons. The molecule has 1 aliphatic heterocycles. The molecule has 348 valence electrons. The van der Waals surface area contributed by atoms with Crippen LogP contribution in [0.2, 0.25) is 0 Å². The maximum absolute atomic E-state index is 13.5. The van der Waals surface area contributed by atoms with Gasteiger partial charge in [0.1, 0.15) is 28.6 Å². The molecule has 5 aromatic rings. The molecular weight excluding hydrogens is 880 g/mol. The Morgan fingerprint density at radius 1 is 0.923 bits per heavy atom. The number of aliphatic carboxylic acids is 2. The molecule has 0 fully saturated rings. The minimum atomic E-state index is -5.08. The Balaban J connectivity index is 0.00000105. The first-order chi connectivity index (χ1) is 30.8. The Hall–Kier alpha value is -6.79. The molecule has 65 heavy (non-hydrogen) atoms. The van der Waals surface area contributed by atoms with Crippen LogP contribution in [0.4, 0.5) is 24.7 Å². The average Bonchev–Trinajstić information content (AvgIpc) is 3.62. The third-order valence-corrected chi connectivity index (χ3v) is 10.9. The van der Waals surface area contributed by atoms with Gasteiger partial charge in [0.25, 0.3) is 11.8 Å². The van der Waals surface area contributed by atoms with Crippen LogP contribution >= 0.6 is 10.9 Å². The number of nitrogens with zero attached hydrogens (tertiary/aromatic N) is 4. The van der Waals surface area contributed by atoms with Gasteiger partial charge in [-0.15, -0.1) is 0 Å². The second kappa shape index (κ2) is 22.2. The smallest absolute Gasteiger partial charge is 0.481 e. The fraction of sp³-hybridized carbons (Fsp3) is 0.310. The van der Waals surface area contributed by atoms with Gasteiger partial charge in [-0.2, -0.15) is 13.2 Å². The Labute approximate surface area is 371 Å². The third kappa shape index (κ3) is 14.4. The van der Waals surface area contributed by atoms with Crippen molar-refractivity contribution in [2.75, 3.05) is 30.9 Å². The number of carboxylic acids is 2. The van der Waals surface area contributed by atoms with Gasteiger partial charge >= 0.3 is 18.1 Å². The van der Waals surface area contributed by atoms with E-state index < -0.39 is 35.0 Å². The molecule has 0 spiro atoms. The Kier molecular flexibility index (Phi) is 16.8. The van der Waals surface area contributed by atoms with Crippen LogP contribution in [0.25, 0.3) is 11.0 Å². The minimum absolute atomic E-state index is 0.0246. The number of unbranched alkanes of at least 4 members (excludes halogenated alkanes) is 3. The molecule has 3 aromatic carbocycles. The summed E-state index contributed by atoms with van der Waals surface area (Å²) in [6.45, 7) is 1.48. The topological polar surface area (TPSA) is 283 Å². The number of nitrogens with one attached hydrogen (secondary N) is 5. The minimum Gasteiger partial charge on any atom is -0.481 e. The number of fused-ring (bicyclic) bond motifs is 2. The van der Waals surface area contributed by atoms with E-state index >= 15 is 0 Å². The second-order valence-corrected chi connectivity index (χ2v) is 16.3. The summed E-state index contributed by atoms with van der Waals surface area (Å²) in [7, 11) is -2.17. The van der Waals surface area contributed by atoms with E-state index in [2.05, 4.69) is 36.4 Å². The van der Waals surface area contributed by atoms with Crippen molar-refractivity contribution in [1.82, 2.24) is 35.5 Å². The fourth-order valence-corrected chi connectivity index (χ4v) is 7.44. The van der Waals surface area contributed by atoms with Crippen LogP contribution in [-0.4, -0.2) is 111 Å². The number of pyridine rings is 1. The number of aromatic nitrogens is 3. The van der Waals surface area contributed by atoms with Crippen molar-refractivity contribution in [3.8, 4) is 0 Å². The summed E-state index contributed by atoms with van der Waals surface area (Å²) >= 11 is 0. The summed E-state index contributed by atoms with van der Waals surface area (Å²) in [5.41, 5.74) is 10.1. The molecule has 23 heteroatoms. The second-order valence-electron chi connectivity index (χ2n) is 14.8. The van der Waals surface area contributed by atoms with Gasteiger partial charge in [-0.1, -0.05) is 43.2 Å². The van der Waals surface area contributed by atoms with Crippen molar-refractivity contribution in [2.24, 2.45) is 0 Å². The van der Waals surface area contributed by atoms with E-state index in [4.69, 9.17) is 9.90 Å². The largest absolute Gasteiger partial charge is 0.490 e. The van der Waals surface area contributed by atoms with E-state index in [0.717, 1.165) is 23.9 Å². The predicted molar refractivity (Wildman–Crippen MR) is 233 cm³/mol. The van der Waals surface area contributed by atoms with Crippen LogP contribution in [-0.2, 0) is 34.0 Å². The van der Waals surface area contributed by atoms with Gasteiger partial charge in [-0.25, -0.2) is 20.2 Å². The zero-order chi connectivity index (χ0) is 47.3. The summed E-state index contributed by atoms with van der Waals surface area (Å²) in [4.78, 5) is 75.6. The molecule has 0 aliphatic carbocycles. The van der Waals surface area contributed by atoms with Crippen LogP contribution in [0.1, 0.15) is 69.8 Å². The number of H-pyrrole nitrogens is 1. The number of hydrogen-bond acceptors (Lipinski definition) is 13. The fourth-order valence-electron chi connectivity index (χ4n) is 6.69. The Bertz CT molecular complexity index is 2430. The highest BCUT2D eigenvalue weighted by atomic mass is 32.3. The van der Waals surface area contributed by atoms with Crippen molar-refractivity contribution in [2.45, 2.75) is 68.9 Å². The monoisotopic (exact) mass is 927 g/mol. The molecule has 0 bridgehead atoms.